The van der Waals surface area contributed by atoms with Crippen molar-refractivity contribution in [3.05, 3.63) is 0 Å². The van der Waals surface area contributed by atoms with Gasteiger partial charge in [0.15, 0.2) is 0 Å². The van der Waals surface area contributed by atoms with Gasteiger partial charge in [-0.15, -0.1) is 0 Å². The van der Waals surface area contributed by atoms with E-state index in [1.54, 1.807) is 0 Å². The minimum absolute atomic E-state index is 0.696. The van der Waals surface area contributed by atoms with E-state index in [9.17, 15) is 0 Å². The van der Waals surface area contributed by atoms with E-state index < -0.39 is 0 Å². The van der Waals surface area contributed by atoms with Crippen LogP contribution < -0.4 is 5.32 Å². The van der Waals surface area contributed by atoms with Gasteiger partial charge in [-0.2, -0.15) is 0 Å². The van der Waals surface area contributed by atoms with Crippen molar-refractivity contribution in [2.45, 2.75) is 71.3 Å². The Balaban J connectivity index is 3.29. The predicted molar refractivity (Wildman–Crippen MR) is 72.0 cm³/mol. The Kier molecular flexibility index (Phi) is 12.9. The monoisotopic (exact) mass is 229 g/mol. The molecule has 0 saturated carbocycles. The SMILES string of the molecule is CCCCCCCC(CCCOCC)NC. The molecule has 0 aliphatic carbocycles. The van der Waals surface area contributed by atoms with Crippen LogP contribution in [0.1, 0.15) is 65.2 Å². The second-order valence-corrected chi connectivity index (χ2v) is 4.53. The highest BCUT2D eigenvalue weighted by atomic mass is 16.5. The van der Waals surface area contributed by atoms with Crippen molar-refractivity contribution in [3.63, 3.8) is 0 Å². The third-order valence-electron chi connectivity index (χ3n) is 3.11. The summed E-state index contributed by atoms with van der Waals surface area (Å²) in [5.41, 5.74) is 0. The summed E-state index contributed by atoms with van der Waals surface area (Å²) in [4.78, 5) is 0. The Hall–Kier alpha value is -0.0800. The van der Waals surface area contributed by atoms with Crippen LogP contribution in [0, 0.1) is 0 Å². The van der Waals surface area contributed by atoms with Crippen molar-refractivity contribution in [3.8, 4) is 0 Å². The fourth-order valence-corrected chi connectivity index (χ4v) is 2.00. The Bertz CT molecular complexity index is 128. The van der Waals surface area contributed by atoms with E-state index in [4.69, 9.17) is 4.74 Å². The van der Waals surface area contributed by atoms with Crippen LogP contribution in [0.3, 0.4) is 0 Å². The minimum Gasteiger partial charge on any atom is -0.382 e. The van der Waals surface area contributed by atoms with E-state index in [-0.39, 0.29) is 0 Å². The van der Waals surface area contributed by atoms with Crippen LogP contribution >= 0.6 is 0 Å². The lowest BCUT2D eigenvalue weighted by Gasteiger charge is -2.15. The molecule has 0 aromatic carbocycles. The number of hydrogen-bond donors (Lipinski definition) is 1. The summed E-state index contributed by atoms with van der Waals surface area (Å²) in [6.45, 7) is 6.10. The highest BCUT2D eigenvalue weighted by Crippen LogP contribution is 2.10. The molecule has 0 spiro atoms. The first-order valence-corrected chi connectivity index (χ1v) is 7.10. The second kappa shape index (κ2) is 13.0. The van der Waals surface area contributed by atoms with Crippen molar-refractivity contribution in [2.24, 2.45) is 0 Å². The molecule has 0 fully saturated rings. The maximum absolute atomic E-state index is 5.36. The van der Waals surface area contributed by atoms with Gasteiger partial charge in [0.25, 0.3) is 0 Å². The first-order valence-electron chi connectivity index (χ1n) is 7.10. The normalized spacial score (nSPS) is 12.9. The van der Waals surface area contributed by atoms with Crippen LogP contribution in [0.15, 0.2) is 0 Å². The fraction of sp³-hybridized carbons (Fsp3) is 1.00. The molecule has 0 radical (unpaired) electrons. The lowest BCUT2D eigenvalue weighted by Crippen LogP contribution is -2.25. The number of rotatable bonds is 12. The maximum Gasteiger partial charge on any atom is 0.0466 e. The molecular formula is C14H31NO. The van der Waals surface area contributed by atoms with Crippen LogP contribution in [0.25, 0.3) is 0 Å². The van der Waals surface area contributed by atoms with Gasteiger partial charge in [-0.25, -0.2) is 0 Å². The molecule has 1 N–H and O–H groups in total. The molecule has 2 heteroatoms. The van der Waals surface area contributed by atoms with Crippen molar-refractivity contribution >= 4 is 0 Å². The van der Waals surface area contributed by atoms with Gasteiger partial charge in [-0.3, -0.25) is 0 Å². The third-order valence-corrected chi connectivity index (χ3v) is 3.11. The molecule has 1 atom stereocenters. The maximum atomic E-state index is 5.36. The predicted octanol–water partition coefficient (Wildman–Crippen LogP) is 3.75. The molecule has 0 aromatic heterocycles. The Morgan fingerprint density at radius 3 is 2.25 bits per heavy atom. The Labute approximate surface area is 102 Å². The van der Waals surface area contributed by atoms with Crippen molar-refractivity contribution < 1.29 is 4.74 Å². The van der Waals surface area contributed by atoms with Gasteiger partial charge >= 0.3 is 0 Å². The summed E-state index contributed by atoms with van der Waals surface area (Å²) in [6.07, 6.45) is 10.7. The summed E-state index contributed by atoms with van der Waals surface area (Å²) in [6, 6.07) is 0.696. The van der Waals surface area contributed by atoms with E-state index in [2.05, 4.69) is 26.2 Å². The summed E-state index contributed by atoms with van der Waals surface area (Å²) >= 11 is 0. The highest BCUT2D eigenvalue weighted by Gasteiger charge is 2.04. The Morgan fingerprint density at radius 1 is 0.938 bits per heavy atom. The van der Waals surface area contributed by atoms with Gasteiger partial charge in [-0.1, -0.05) is 39.0 Å². The largest absolute Gasteiger partial charge is 0.382 e. The molecule has 0 amide bonds. The van der Waals surface area contributed by atoms with Gasteiger partial charge in [0, 0.05) is 19.3 Å². The van der Waals surface area contributed by atoms with E-state index in [1.165, 1.54) is 51.4 Å². The van der Waals surface area contributed by atoms with E-state index in [0.717, 1.165) is 13.2 Å². The first kappa shape index (κ1) is 15.9. The molecule has 0 aliphatic rings. The first-order chi connectivity index (χ1) is 7.85. The number of ether oxygens (including phenoxy) is 1. The molecule has 0 bridgehead atoms. The van der Waals surface area contributed by atoms with Crippen LogP contribution in [0.2, 0.25) is 0 Å². The number of unbranched alkanes of at least 4 members (excludes halogenated alkanes) is 4. The zero-order valence-corrected chi connectivity index (χ0v) is 11.6. The fourth-order valence-electron chi connectivity index (χ4n) is 2.00. The van der Waals surface area contributed by atoms with E-state index >= 15 is 0 Å². The molecule has 0 aromatic rings. The molecule has 16 heavy (non-hydrogen) atoms. The quantitative estimate of drug-likeness (QED) is 0.515. The average Bonchev–Trinajstić information content (AvgIpc) is 2.31. The summed E-state index contributed by atoms with van der Waals surface area (Å²) in [7, 11) is 2.08. The lowest BCUT2D eigenvalue weighted by atomic mass is 10.0. The van der Waals surface area contributed by atoms with Crippen LogP contribution in [-0.4, -0.2) is 26.3 Å². The molecule has 0 heterocycles. The van der Waals surface area contributed by atoms with Gasteiger partial charge in [-0.05, 0) is 33.2 Å². The second-order valence-electron chi connectivity index (χ2n) is 4.53. The zero-order valence-electron chi connectivity index (χ0n) is 11.6. The van der Waals surface area contributed by atoms with Crippen LogP contribution in [0.5, 0.6) is 0 Å². The van der Waals surface area contributed by atoms with E-state index in [0.29, 0.717) is 6.04 Å². The molecule has 2 nitrogen and oxygen atoms in total. The molecular weight excluding hydrogens is 198 g/mol. The number of nitrogens with one attached hydrogen (secondary N) is 1. The smallest absolute Gasteiger partial charge is 0.0466 e. The molecule has 1 unspecified atom stereocenters. The standard InChI is InChI=1S/C14H31NO/c1-4-6-7-8-9-11-14(15-3)12-10-13-16-5-2/h14-15H,4-13H2,1-3H3. The highest BCUT2D eigenvalue weighted by molar-refractivity contribution is 4.64. The molecule has 0 saturated heterocycles. The summed E-state index contributed by atoms with van der Waals surface area (Å²) in [5.74, 6) is 0. The molecule has 0 aliphatic heterocycles. The molecule has 98 valence electrons. The van der Waals surface area contributed by atoms with Crippen molar-refractivity contribution in [2.75, 3.05) is 20.3 Å². The van der Waals surface area contributed by atoms with Crippen molar-refractivity contribution in [1.82, 2.24) is 5.32 Å². The third kappa shape index (κ3) is 10.4. The average molecular weight is 229 g/mol. The topological polar surface area (TPSA) is 21.3 Å². The minimum atomic E-state index is 0.696. The molecule has 0 rings (SSSR count). The zero-order chi connectivity index (χ0) is 12.1. The van der Waals surface area contributed by atoms with E-state index in [1.807, 2.05) is 0 Å². The van der Waals surface area contributed by atoms with Crippen molar-refractivity contribution in [1.29, 1.82) is 0 Å². The van der Waals surface area contributed by atoms with Gasteiger partial charge in [0.2, 0.25) is 0 Å². The van der Waals surface area contributed by atoms with Gasteiger partial charge < -0.3 is 10.1 Å². The summed E-state index contributed by atoms with van der Waals surface area (Å²) < 4.78 is 5.36. The lowest BCUT2D eigenvalue weighted by molar-refractivity contribution is 0.140. The van der Waals surface area contributed by atoms with Crippen LogP contribution in [0.4, 0.5) is 0 Å². The van der Waals surface area contributed by atoms with Gasteiger partial charge in [0.1, 0.15) is 0 Å². The summed E-state index contributed by atoms with van der Waals surface area (Å²) in [5, 5.41) is 3.41. The Morgan fingerprint density at radius 2 is 1.62 bits per heavy atom. The van der Waals surface area contributed by atoms with Crippen LogP contribution in [-0.2, 0) is 4.74 Å². The number of hydrogen-bond acceptors (Lipinski definition) is 2. The van der Waals surface area contributed by atoms with Gasteiger partial charge in [0.05, 0.1) is 0 Å².